The average molecular weight is 286 g/mol. The molecule has 0 unspecified atom stereocenters. The lowest BCUT2D eigenvalue weighted by atomic mass is 10.0. The minimum atomic E-state index is -0.543. The van der Waals surface area contributed by atoms with Gasteiger partial charge in [0, 0.05) is 36.1 Å². The number of carbonyl (C=O) groups excluding carboxylic acids is 2. The molecule has 0 spiro atoms. The smallest absolute Gasteiger partial charge is 0.263 e. The zero-order valence-electron chi connectivity index (χ0n) is 13.3. The maximum absolute atomic E-state index is 12.9. The van der Waals surface area contributed by atoms with Crippen molar-refractivity contribution in [1.82, 2.24) is 9.47 Å². The van der Waals surface area contributed by atoms with E-state index in [9.17, 15) is 9.59 Å². The fourth-order valence-electron chi connectivity index (χ4n) is 2.72. The Labute approximate surface area is 125 Å². The summed E-state index contributed by atoms with van der Waals surface area (Å²) in [6.07, 6.45) is 1.84. The monoisotopic (exact) mass is 286 g/mol. The molecule has 0 atom stereocenters. The number of benzene rings is 1. The normalized spacial score (nSPS) is 11.7. The van der Waals surface area contributed by atoms with Crippen LogP contribution < -0.4 is 0 Å². The van der Waals surface area contributed by atoms with Crippen LogP contribution in [0.4, 0.5) is 0 Å². The quantitative estimate of drug-likeness (QED) is 0.848. The SMILES string of the molecule is CCn1cc(C(=O)N(C(C)=O)C(C)(C)C)c2ccccc21. The molecule has 2 rings (SSSR count). The third-order valence-electron chi connectivity index (χ3n) is 3.55. The van der Waals surface area contributed by atoms with E-state index in [2.05, 4.69) is 0 Å². The van der Waals surface area contributed by atoms with Crippen molar-refractivity contribution in [3.8, 4) is 0 Å². The van der Waals surface area contributed by atoms with Gasteiger partial charge in [-0.25, -0.2) is 0 Å². The first kappa shape index (κ1) is 15.3. The third-order valence-corrected chi connectivity index (χ3v) is 3.55. The zero-order chi connectivity index (χ0) is 15.8. The number of hydrogen-bond donors (Lipinski definition) is 0. The van der Waals surface area contributed by atoms with Gasteiger partial charge in [-0.15, -0.1) is 0 Å². The standard InChI is InChI=1S/C17H22N2O2/c1-6-18-11-14(13-9-7-8-10-15(13)18)16(21)19(12(2)20)17(3,4)5/h7-11H,6H2,1-5H3. The molecule has 4 heteroatoms. The lowest BCUT2D eigenvalue weighted by molar-refractivity contribution is -0.129. The van der Waals surface area contributed by atoms with E-state index in [1.807, 2.05) is 62.7 Å². The van der Waals surface area contributed by atoms with Crippen LogP contribution in [-0.2, 0) is 11.3 Å². The molecule has 21 heavy (non-hydrogen) atoms. The lowest BCUT2D eigenvalue weighted by Crippen LogP contribution is -2.48. The van der Waals surface area contributed by atoms with Gasteiger partial charge >= 0.3 is 0 Å². The van der Waals surface area contributed by atoms with Crippen LogP contribution >= 0.6 is 0 Å². The van der Waals surface area contributed by atoms with Crippen LogP contribution in [-0.4, -0.2) is 26.8 Å². The highest BCUT2D eigenvalue weighted by Gasteiger charge is 2.32. The highest BCUT2D eigenvalue weighted by Crippen LogP contribution is 2.25. The molecule has 0 N–H and O–H groups in total. The van der Waals surface area contributed by atoms with Gasteiger partial charge in [-0.2, -0.15) is 0 Å². The minimum Gasteiger partial charge on any atom is -0.347 e. The van der Waals surface area contributed by atoms with Crippen molar-refractivity contribution < 1.29 is 9.59 Å². The molecular weight excluding hydrogens is 264 g/mol. The number of hydrogen-bond acceptors (Lipinski definition) is 2. The summed E-state index contributed by atoms with van der Waals surface area (Å²) in [5.41, 5.74) is 1.05. The summed E-state index contributed by atoms with van der Waals surface area (Å²) < 4.78 is 2.03. The number of para-hydroxylation sites is 1. The van der Waals surface area contributed by atoms with Gasteiger partial charge in [-0.3, -0.25) is 14.5 Å². The second-order valence-electron chi connectivity index (χ2n) is 6.18. The highest BCUT2D eigenvalue weighted by atomic mass is 16.2. The number of nitrogens with zero attached hydrogens (tertiary/aromatic N) is 2. The van der Waals surface area contributed by atoms with Gasteiger partial charge in [0.25, 0.3) is 5.91 Å². The number of imide groups is 1. The van der Waals surface area contributed by atoms with Crippen molar-refractivity contribution in [1.29, 1.82) is 0 Å². The number of aryl methyl sites for hydroxylation is 1. The largest absolute Gasteiger partial charge is 0.347 e. The maximum Gasteiger partial charge on any atom is 0.263 e. The van der Waals surface area contributed by atoms with Gasteiger partial charge < -0.3 is 4.57 Å². The molecule has 1 aromatic carbocycles. The molecule has 0 saturated heterocycles. The molecule has 2 amide bonds. The van der Waals surface area contributed by atoms with E-state index in [0.717, 1.165) is 17.4 Å². The van der Waals surface area contributed by atoms with Crippen molar-refractivity contribution in [3.63, 3.8) is 0 Å². The molecule has 1 heterocycles. The fraction of sp³-hybridized carbons (Fsp3) is 0.412. The second kappa shape index (κ2) is 5.35. The van der Waals surface area contributed by atoms with E-state index in [-0.39, 0.29) is 11.8 Å². The topological polar surface area (TPSA) is 42.3 Å². The predicted octanol–water partition coefficient (Wildman–Crippen LogP) is 3.45. The summed E-state index contributed by atoms with van der Waals surface area (Å²) in [5, 5.41) is 0.889. The molecule has 0 aliphatic carbocycles. The van der Waals surface area contributed by atoms with Crippen molar-refractivity contribution in [2.75, 3.05) is 0 Å². The van der Waals surface area contributed by atoms with E-state index < -0.39 is 5.54 Å². The Balaban J connectivity index is 2.60. The van der Waals surface area contributed by atoms with Gasteiger partial charge in [0.05, 0.1) is 5.56 Å². The van der Waals surface area contributed by atoms with E-state index in [1.54, 1.807) is 0 Å². The van der Waals surface area contributed by atoms with Gasteiger partial charge in [-0.05, 0) is 33.8 Å². The summed E-state index contributed by atoms with van der Waals surface area (Å²) in [7, 11) is 0. The Kier molecular flexibility index (Phi) is 3.90. The molecular formula is C17H22N2O2. The van der Waals surface area contributed by atoms with Crippen LogP contribution in [0.3, 0.4) is 0 Å². The summed E-state index contributed by atoms with van der Waals surface area (Å²) in [6, 6.07) is 7.78. The van der Waals surface area contributed by atoms with Crippen molar-refractivity contribution >= 4 is 22.7 Å². The first-order valence-electron chi connectivity index (χ1n) is 7.20. The molecule has 112 valence electrons. The van der Waals surface area contributed by atoms with E-state index in [1.165, 1.54) is 11.8 Å². The van der Waals surface area contributed by atoms with E-state index in [0.29, 0.717) is 5.56 Å². The first-order valence-corrected chi connectivity index (χ1v) is 7.20. The maximum atomic E-state index is 12.9. The van der Waals surface area contributed by atoms with Crippen LogP contribution in [0.1, 0.15) is 45.0 Å². The highest BCUT2D eigenvalue weighted by molar-refractivity contribution is 6.12. The summed E-state index contributed by atoms with van der Waals surface area (Å²) in [6.45, 7) is 9.85. The first-order chi connectivity index (χ1) is 9.77. The number of carbonyl (C=O) groups is 2. The van der Waals surface area contributed by atoms with Crippen molar-refractivity contribution in [2.45, 2.75) is 46.7 Å². The Morgan fingerprint density at radius 3 is 2.33 bits per heavy atom. The molecule has 4 nitrogen and oxygen atoms in total. The van der Waals surface area contributed by atoms with Crippen LogP contribution in [0.5, 0.6) is 0 Å². The van der Waals surface area contributed by atoms with Gasteiger partial charge in [0.15, 0.2) is 0 Å². The molecule has 0 aliphatic heterocycles. The predicted molar refractivity (Wildman–Crippen MR) is 84.2 cm³/mol. The average Bonchev–Trinajstić information content (AvgIpc) is 2.75. The molecule has 1 aromatic heterocycles. The molecule has 0 saturated carbocycles. The van der Waals surface area contributed by atoms with Gasteiger partial charge in [-0.1, -0.05) is 18.2 Å². The van der Waals surface area contributed by atoms with Crippen LogP contribution in [0, 0.1) is 0 Å². The van der Waals surface area contributed by atoms with Crippen molar-refractivity contribution in [2.24, 2.45) is 0 Å². The van der Waals surface area contributed by atoms with Crippen molar-refractivity contribution in [3.05, 3.63) is 36.0 Å². The number of aromatic nitrogens is 1. The van der Waals surface area contributed by atoms with E-state index in [4.69, 9.17) is 0 Å². The third kappa shape index (κ3) is 2.71. The number of fused-ring (bicyclic) bond motifs is 1. The molecule has 0 radical (unpaired) electrons. The molecule has 0 fully saturated rings. The Bertz CT molecular complexity index is 692. The lowest BCUT2D eigenvalue weighted by Gasteiger charge is -2.32. The Hall–Kier alpha value is -2.10. The molecule has 0 aliphatic rings. The fourth-order valence-corrected chi connectivity index (χ4v) is 2.72. The summed E-state index contributed by atoms with van der Waals surface area (Å²) in [5.74, 6) is -0.473. The zero-order valence-corrected chi connectivity index (χ0v) is 13.3. The van der Waals surface area contributed by atoms with Crippen LogP contribution in [0.15, 0.2) is 30.5 Å². The van der Waals surface area contributed by atoms with Gasteiger partial charge in [0.1, 0.15) is 0 Å². The Morgan fingerprint density at radius 2 is 1.81 bits per heavy atom. The van der Waals surface area contributed by atoms with E-state index >= 15 is 0 Å². The number of amides is 2. The molecule has 0 bridgehead atoms. The second-order valence-corrected chi connectivity index (χ2v) is 6.18. The minimum absolute atomic E-state index is 0.235. The van der Waals surface area contributed by atoms with Crippen LogP contribution in [0.25, 0.3) is 10.9 Å². The molecule has 2 aromatic rings. The number of rotatable bonds is 2. The summed E-state index contributed by atoms with van der Waals surface area (Å²) >= 11 is 0. The van der Waals surface area contributed by atoms with Gasteiger partial charge in [0.2, 0.25) is 5.91 Å². The summed E-state index contributed by atoms with van der Waals surface area (Å²) in [4.78, 5) is 26.1. The Morgan fingerprint density at radius 1 is 1.19 bits per heavy atom. The van der Waals surface area contributed by atoms with Crippen LogP contribution in [0.2, 0.25) is 0 Å².